The first-order valence-electron chi connectivity index (χ1n) is 6.81. The third kappa shape index (κ3) is 3.06. The lowest BCUT2D eigenvalue weighted by Gasteiger charge is -1.90. The molecule has 0 aliphatic rings. The summed E-state index contributed by atoms with van der Waals surface area (Å²) in [5.74, 6) is 2.60. The molecule has 2 aromatic rings. The number of imidazole rings is 2. The Bertz CT molecular complexity index is 481. The highest BCUT2D eigenvalue weighted by atomic mass is 15.1. The van der Waals surface area contributed by atoms with Crippen molar-refractivity contribution < 1.29 is 9.13 Å². The highest BCUT2D eigenvalue weighted by Gasteiger charge is 2.14. The largest absolute Gasteiger partial charge is 0.253 e. The van der Waals surface area contributed by atoms with E-state index in [4.69, 9.17) is 0 Å². The van der Waals surface area contributed by atoms with E-state index in [-0.39, 0.29) is 0 Å². The first-order valence-corrected chi connectivity index (χ1v) is 6.81. The van der Waals surface area contributed by atoms with Gasteiger partial charge in [0.05, 0.1) is 27.7 Å². The van der Waals surface area contributed by atoms with Crippen LogP contribution >= 0.6 is 0 Å². The van der Waals surface area contributed by atoms with Crippen LogP contribution < -0.4 is 9.13 Å². The number of rotatable bonds is 1. The molecule has 0 bridgehead atoms. The number of hydrogen-bond acceptors (Lipinski definition) is 0. The normalized spacial score (nSPS) is 10.3. The highest BCUT2D eigenvalue weighted by molar-refractivity contribution is 5.05. The fourth-order valence-corrected chi connectivity index (χ4v) is 2.13. The fourth-order valence-electron chi connectivity index (χ4n) is 2.13. The molecule has 0 aliphatic carbocycles. The quantitative estimate of drug-likeness (QED) is 0.693. The molecular formula is C15H28N4+2. The van der Waals surface area contributed by atoms with Gasteiger partial charge in [0.1, 0.15) is 23.8 Å². The first-order chi connectivity index (χ1) is 8.81. The Balaban J connectivity index is 0.000000191. The minimum absolute atomic E-state index is 1.06. The van der Waals surface area contributed by atoms with Gasteiger partial charge in [-0.15, -0.1) is 0 Å². The molecule has 2 aromatic heterocycles. The number of aryl methyl sites for hydroxylation is 2. The Kier molecular flexibility index (Phi) is 4.92. The van der Waals surface area contributed by atoms with Crippen LogP contribution in [0.1, 0.15) is 30.0 Å². The molecule has 0 spiro atoms. The van der Waals surface area contributed by atoms with E-state index in [2.05, 4.69) is 86.4 Å². The second-order valence-corrected chi connectivity index (χ2v) is 5.08. The van der Waals surface area contributed by atoms with Crippen LogP contribution in [0, 0.1) is 27.7 Å². The molecule has 4 heteroatoms. The molecule has 0 amide bonds. The van der Waals surface area contributed by atoms with E-state index in [1.807, 2.05) is 0 Å². The van der Waals surface area contributed by atoms with E-state index in [0.717, 1.165) is 6.54 Å². The summed E-state index contributed by atoms with van der Waals surface area (Å²) in [7, 11) is 6.25. The molecule has 2 rings (SSSR count). The van der Waals surface area contributed by atoms with Gasteiger partial charge in [-0.25, -0.2) is 18.3 Å². The Hall–Kier alpha value is -1.58. The maximum atomic E-state index is 2.21. The summed E-state index contributed by atoms with van der Waals surface area (Å²) < 4.78 is 8.73. The van der Waals surface area contributed by atoms with Crippen molar-refractivity contribution in [2.75, 3.05) is 0 Å². The lowest BCUT2D eigenvalue weighted by Crippen LogP contribution is -2.32. The minimum Gasteiger partial charge on any atom is -0.237 e. The van der Waals surface area contributed by atoms with Crippen LogP contribution in [0.2, 0.25) is 0 Å². The molecule has 19 heavy (non-hydrogen) atoms. The molecule has 0 fully saturated rings. The molecule has 0 aromatic carbocycles. The molecule has 2 heterocycles. The summed E-state index contributed by atoms with van der Waals surface area (Å²) in [6.45, 7) is 11.7. The third-order valence-corrected chi connectivity index (χ3v) is 4.24. The van der Waals surface area contributed by atoms with E-state index >= 15 is 0 Å². The average Bonchev–Trinajstić information content (AvgIpc) is 2.81. The zero-order valence-corrected chi connectivity index (χ0v) is 13.7. The van der Waals surface area contributed by atoms with Gasteiger partial charge in [-0.1, -0.05) is 0 Å². The maximum absolute atomic E-state index is 2.21. The van der Waals surface area contributed by atoms with E-state index in [9.17, 15) is 0 Å². The number of nitrogens with zero attached hydrogens (tertiary/aromatic N) is 4. The van der Waals surface area contributed by atoms with Gasteiger partial charge in [0, 0.05) is 27.7 Å². The Morgan fingerprint density at radius 1 is 1.05 bits per heavy atom. The van der Waals surface area contributed by atoms with Crippen molar-refractivity contribution in [1.82, 2.24) is 9.13 Å². The Morgan fingerprint density at radius 3 is 1.79 bits per heavy atom. The van der Waals surface area contributed by atoms with Crippen LogP contribution in [0.25, 0.3) is 0 Å². The minimum atomic E-state index is 1.06. The summed E-state index contributed by atoms with van der Waals surface area (Å²) in [5.41, 5.74) is 2.69. The second-order valence-electron chi connectivity index (χ2n) is 5.08. The Labute approximate surface area is 116 Å². The first kappa shape index (κ1) is 15.5. The van der Waals surface area contributed by atoms with Gasteiger partial charge < -0.3 is 0 Å². The molecular weight excluding hydrogens is 236 g/mol. The summed E-state index contributed by atoms with van der Waals surface area (Å²) >= 11 is 0. The van der Waals surface area contributed by atoms with Gasteiger partial charge >= 0.3 is 0 Å². The zero-order valence-electron chi connectivity index (χ0n) is 13.7. The molecule has 0 unspecified atom stereocenters. The molecule has 106 valence electrons. The highest BCUT2D eigenvalue weighted by Crippen LogP contribution is 2.02. The van der Waals surface area contributed by atoms with E-state index in [0.29, 0.717) is 0 Å². The van der Waals surface area contributed by atoms with Gasteiger partial charge in [-0.3, -0.25) is 0 Å². The molecule has 0 aliphatic heterocycles. The van der Waals surface area contributed by atoms with E-state index in [1.54, 1.807) is 0 Å². The summed E-state index contributed by atoms with van der Waals surface area (Å²) in [6.07, 6.45) is 4.16. The van der Waals surface area contributed by atoms with Gasteiger partial charge in [0.25, 0.3) is 11.6 Å². The van der Waals surface area contributed by atoms with Gasteiger partial charge in [0.15, 0.2) is 0 Å². The summed E-state index contributed by atoms with van der Waals surface area (Å²) in [6, 6.07) is 0. The lowest BCUT2D eigenvalue weighted by molar-refractivity contribution is -0.683. The number of aromatic nitrogens is 4. The van der Waals surface area contributed by atoms with Gasteiger partial charge in [-0.2, -0.15) is 0 Å². The smallest absolute Gasteiger partial charge is 0.237 e. The average molecular weight is 264 g/mol. The van der Waals surface area contributed by atoms with Crippen molar-refractivity contribution in [1.29, 1.82) is 0 Å². The standard InChI is InChI=1S/C8H15N2.C7H13N2/c1-6-7(2)10(5)8(3)9(6)4;1-4-9-6-5-8(3)7(9)2/h1-5H3;5-6H,4H2,1-3H3/q2*+1. The van der Waals surface area contributed by atoms with Crippen molar-refractivity contribution in [3.8, 4) is 0 Å². The maximum Gasteiger partial charge on any atom is 0.253 e. The van der Waals surface area contributed by atoms with Crippen LogP contribution in [0.15, 0.2) is 12.4 Å². The summed E-state index contributed by atoms with van der Waals surface area (Å²) in [4.78, 5) is 0. The monoisotopic (exact) mass is 264 g/mol. The molecule has 0 atom stereocenters. The Morgan fingerprint density at radius 2 is 1.63 bits per heavy atom. The van der Waals surface area contributed by atoms with Gasteiger partial charge in [-0.05, 0) is 6.92 Å². The topological polar surface area (TPSA) is 17.6 Å². The predicted molar refractivity (Wildman–Crippen MR) is 76.8 cm³/mol. The summed E-state index contributed by atoms with van der Waals surface area (Å²) in [5, 5.41) is 0. The van der Waals surface area contributed by atoms with Gasteiger partial charge in [0.2, 0.25) is 0 Å². The van der Waals surface area contributed by atoms with E-state index in [1.165, 1.54) is 23.0 Å². The fraction of sp³-hybridized carbons (Fsp3) is 0.600. The van der Waals surface area contributed by atoms with Crippen LogP contribution in [0.5, 0.6) is 0 Å². The van der Waals surface area contributed by atoms with Crippen LogP contribution in [-0.4, -0.2) is 9.13 Å². The molecule has 0 saturated heterocycles. The van der Waals surface area contributed by atoms with Crippen LogP contribution in [-0.2, 0) is 27.7 Å². The van der Waals surface area contributed by atoms with Crippen molar-refractivity contribution >= 4 is 0 Å². The predicted octanol–water partition coefficient (Wildman–Crippen LogP) is 1.42. The van der Waals surface area contributed by atoms with E-state index < -0.39 is 0 Å². The number of hydrogen-bond donors (Lipinski definition) is 0. The lowest BCUT2D eigenvalue weighted by atomic mass is 10.4. The molecule has 4 nitrogen and oxygen atoms in total. The molecule has 0 radical (unpaired) electrons. The van der Waals surface area contributed by atoms with Crippen molar-refractivity contribution in [2.45, 2.75) is 41.2 Å². The van der Waals surface area contributed by atoms with Crippen molar-refractivity contribution in [3.63, 3.8) is 0 Å². The van der Waals surface area contributed by atoms with Crippen LogP contribution in [0.3, 0.4) is 0 Å². The van der Waals surface area contributed by atoms with Crippen molar-refractivity contribution in [2.24, 2.45) is 21.1 Å². The SMILES string of the molecule is CCn1cc[n+](C)c1C.Cc1c(C)[n+](C)c(C)n1C. The van der Waals surface area contributed by atoms with Crippen molar-refractivity contribution in [3.05, 3.63) is 35.4 Å². The molecule has 0 saturated carbocycles. The zero-order chi connectivity index (χ0) is 14.7. The molecule has 0 N–H and O–H groups in total. The van der Waals surface area contributed by atoms with Crippen LogP contribution in [0.4, 0.5) is 0 Å². The third-order valence-electron chi connectivity index (χ3n) is 4.24. The second kappa shape index (κ2) is 6.04.